The lowest BCUT2D eigenvalue weighted by Gasteiger charge is -2.44. The molecule has 2 N–H and O–H groups in total. The molecule has 1 aliphatic carbocycles. The maximum atomic E-state index is 12.4. The van der Waals surface area contributed by atoms with Crippen LogP contribution in [0.4, 0.5) is 0 Å². The Balaban J connectivity index is 1.52. The lowest BCUT2D eigenvalue weighted by Crippen LogP contribution is -2.49. The van der Waals surface area contributed by atoms with Crippen molar-refractivity contribution in [1.29, 1.82) is 0 Å². The fourth-order valence-electron chi connectivity index (χ4n) is 4.18. The van der Waals surface area contributed by atoms with Crippen LogP contribution in [0.15, 0.2) is 24.3 Å². The van der Waals surface area contributed by atoms with Gasteiger partial charge >= 0.3 is 0 Å². The van der Waals surface area contributed by atoms with Crippen LogP contribution in [0.3, 0.4) is 0 Å². The molecule has 0 unspecified atom stereocenters. The number of hydrogen-bond donors (Lipinski definition) is 2. The van der Waals surface area contributed by atoms with Crippen LogP contribution in [0, 0.1) is 0 Å². The number of carbonyl (C=O) groups is 1. The molecular weight excluding hydrogens is 288 g/mol. The molecule has 1 amide bonds. The van der Waals surface area contributed by atoms with Crippen LogP contribution in [-0.2, 0) is 4.79 Å². The SMILES string of the molecule is O=C(C[C@H]1CC2(CCNCC2)Oc2ccccc21)NC1CCC1. The first-order chi connectivity index (χ1) is 11.2. The lowest BCUT2D eigenvalue weighted by molar-refractivity contribution is -0.123. The minimum atomic E-state index is -0.0823. The third kappa shape index (κ3) is 3.09. The summed E-state index contributed by atoms with van der Waals surface area (Å²) in [5, 5.41) is 6.61. The molecule has 0 radical (unpaired) electrons. The number of carbonyl (C=O) groups excluding carboxylic acids is 1. The lowest BCUT2D eigenvalue weighted by atomic mass is 9.76. The monoisotopic (exact) mass is 314 g/mol. The van der Waals surface area contributed by atoms with E-state index < -0.39 is 0 Å². The first-order valence-electron chi connectivity index (χ1n) is 9.02. The van der Waals surface area contributed by atoms with E-state index in [0.29, 0.717) is 12.5 Å². The Morgan fingerprint density at radius 3 is 2.78 bits per heavy atom. The van der Waals surface area contributed by atoms with Gasteiger partial charge in [0.05, 0.1) is 0 Å². The average Bonchev–Trinajstić information content (AvgIpc) is 2.52. The number of fused-ring (bicyclic) bond motifs is 1. The predicted octanol–water partition coefficient (Wildman–Crippen LogP) is 2.73. The predicted molar refractivity (Wildman–Crippen MR) is 89.7 cm³/mol. The van der Waals surface area contributed by atoms with Crippen molar-refractivity contribution in [3.8, 4) is 5.75 Å². The summed E-state index contributed by atoms with van der Waals surface area (Å²) >= 11 is 0. The summed E-state index contributed by atoms with van der Waals surface area (Å²) in [6.07, 6.45) is 7.15. The minimum absolute atomic E-state index is 0.0823. The van der Waals surface area contributed by atoms with Gasteiger partial charge in [0, 0.05) is 18.4 Å². The Morgan fingerprint density at radius 1 is 1.26 bits per heavy atom. The standard InChI is InChI=1S/C19H26N2O2/c22-18(21-15-4-3-5-15)12-14-13-19(8-10-20-11-9-19)23-17-7-2-1-6-16(14)17/h1-2,6-7,14-15,20H,3-5,8-13H2,(H,21,22)/t14-/m0/s1. The number of para-hydroxylation sites is 1. The highest BCUT2D eigenvalue weighted by Gasteiger charge is 2.42. The van der Waals surface area contributed by atoms with Gasteiger partial charge in [-0.05, 0) is 63.2 Å². The molecule has 23 heavy (non-hydrogen) atoms. The zero-order chi connectivity index (χ0) is 15.7. The van der Waals surface area contributed by atoms with Gasteiger partial charge < -0.3 is 15.4 Å². The topological polar surface area (TPSA) is 50.4 Å². The van der Waals surface area contributed by atoms with Crippen molar-refractivity contribution >= 4 is 5.91 Å². The molecule has 3 aliphatic rings. The second kappa shape index (κ2) is 6.16. The van der Waals surface area contributed by atoms with Crippen molar-refractivity contribution in [1.82, 2.24) is 10.6 Å². The van der Waals surface area contributed by atoms with Gasteiger partial charge in [-0.2, -0.15) is 0 Å². The molecule has 124 valence electrons. The smallest absolute Gasteiger partial charge is 0.220 e. The number of rotatable bonds is 3. The molecule has 1 saturated heterocycles. The molecule has 2 fully saturated rings. The van der Waals surface area contributed by atoms with Crippen LogP contribution in [-0.4, -0.2) is 30.6 Å². The molecule has 1 aromatic rings. The summed E-state index contributed by atoms with van der Waals surface area (Å²) in [5.41, 5.74) is 1.13. The van der Waals surface area contributed by atoms with Crippen molar-refractivity contribution in [3.05, 3.63) is 29.8 Å². The summed E-state index contributed by atoms with van der Waals surface area (Å²) in [7, 11) is 0. The Morgan fingerprint density at radius 2 is 2.04 bits per heavy atom. The molecular formula is C19H26N2O2. The zero-order valence-electron chi connectivity index (χ0n) is 13.6. The number of amides is 1. The second-order valence-corrected chi connectivity index (χ2v) is 7.37. The highest BCUT2D eigenvalue weighted by atomic mass is 16.5. The van der Waals surface area contributed by atoms with Crippen LogP contribution >= 0.6 is 0 Å². The normalized spacial score (nSPS) is 26.0. The number of benzene rings is 1. The summed E-state index contributed by atoms with van der Waals surface area (Å²) in [6.45, 7) is 2.01. The van der Waals surface area contributed by atoms with E-state index in [0.717, 1.165) is 50.9 Å². The molecule has 4 rings (SSSR count). The summed E-state index contributed by atoms with van der Waals surface area (Å²) in [6, 6.07) is 8.70. The largest absolute Gasteiger partial charge is 0.487 e. The molecule has 4 nitrogen and oxygen atoms in total. The van der Waals surface area contributed by atoms with Crippen LogP contribution in [0.5, 0.6) is 5.75 Å². The summed E-state index contributed by atoms with van der Waals surface area (Å²) in [5.74, 6) is 1.47. The van der Waals surface area contributed by atoms with Crippen molar-refractivity contribution in [3.63, 3.8) is 0 Å². The molecule has 1 saturated carbocycles. The van der Waals surface area contributed by atoms with Gasteiger partial charge in [-0.25, -0.2) is 0 Å². The van der Waals surface area contributed by atoms with Gasteiger partial charge in [0.25, 0.3) is 0 Å². The number of hydrogen-bond acceptors (Lipinski definition) is 3. The fourth-order valence-corrected chi connectivity index (χ4v) is 4.18. The Bertz CT molecular complexity index is 576. The molecule has 1 spiro atoms. The molecule has 4 heteroatoms. The summed E-state index contributed by atoms with van der Waals surface area (Å²) in [4.78, 5) is 12.4. The molecule has 1 aromatic carbocycles. The van der Waals surface area contributed by atoms with Crippen LogP contribution in [0.2, 0.25) is 0 Å². The third-order valence-electron chi connectivity index (χ3n) is 5.72. The maximum Gasteiger partial charge on any atom is 0.220 e. The first-order valence-corrected chi connectivity index (χ1v) is 9.02. The molecule has 0 aromatic heterocycles. The second-order valence-electron chi connectivity index (χ2n) is 7.37. The number of piperidine rings is 1. The Kier molecular flexibility index (Phi) is 4.02. The number of ether oxygens (including phenoxy) is 1. The molecule has 2 aliphatic heterocycles. The van der Waals surface area contributed by atoms with E-state index in [1.54, 1.807) is 0 Å². The van der Waals surface area contributed by atoms with Gasteiger partial charge in [0.15, 0.2) is 0 Å². The Hall–Kier alpha value is -1.55. The quantitative estimate of drug-likeness (QED) is 0.902. The van der Waals surface area contributed by atoms with E-state index in [4.69, 9.17) is 4.74 Å². The van der Waals surface area contributed by atoms with E-state index in [9.17, 15) is 4.79 Å². The van der Waals surface area contributed by atoms with Gasteiger partial charge in [0.2, 0.25) is 5.91 Å². The summed E-state index contributed by atoms with van der Waals surface area (Å²) < 4.78 is 6.41. The van der Waals surface area contributed by atoms with Crippen LogP contribution < -0.4 is 15.4 Å². The van der Waals surface area contributed by atoms with E-state index >= 15 is 0 Å². The van der Waals surface area contributed by atoms with E-state index in [1.165, 1.54) is 12.0 Å². The van der Waals surface area contributed by atoms with Crippen LogP contribution in [0.1, 0.15) is 56.4 Å². The Labute approximate surface area is 138 Å². The van der Waals surface area contributed by atoms with Crippen molar-refractivity contribution in [2.75, 3.05) is 13.1 Å². The fraction of sp³-hybridized carbons (Fsp3) is 0.632. The van der Waals surface area contributed by atoms with Gasteiger partial charge in [0.1, 0.15) is 11.4 Å². The van der Waals surface area contributed by atoms with Crippen molar-refractivity contribution in [2.45, 2.75) is 62.5 Å². The average molecular weight is 314 g/mol. The highest BCUT2D eigenvalue weighted by molar-refractivity contribution is 5.77. The van der Waals surface area contributed by atoms with Gasteiger partial charge in [-0.15, -0.1) is 0 Å². The van der Waals surface area contributed by atoms with Gasteiger partial charge in [-0.1, -0.05) is 18.2 Å². The molecule has 1 atom stereocenters. The van der Waals surface area contributed by atoms with E-state index in [1.807, 2.05) is 6.07 Å². The van der Waals surface area contributed by atoms with Crippen molar-refractivity contribution < 1.29 is 9.53 Å². The number of nitrogens with one attached hydrogen (secondary N) is 2. The third-order valence-corrected chi connectivity index (χ3v) is 5.72. The molecule has 2 heterocycles. The first kappa shape index (κ1) is 15.0. The van der Waals surface area contributed by atoms with E-state index in [-0.39, 0.29) is 17.4 Å². The van der Waals surface area contributed by atoms with Crippen LogP contribution in [0.25, 0.3) is 0 Å². The molecule has 0 bridgehead atoms. The maximum absolute atomic E-state index is 12.4. The highest BCUT2D eigenvalue weighted by Crippen LogP contribution is 2.45. The van der Waals surface area contributed by atoms with Gasteiger partial charge in [-0.3, -0.25) is 4.79 Å². The minimum Gasteiger partial charge on any atom is -0.487 e. The zero-order valence-corrected chi connectivity index (χ0v) is 13.6. The van der Waals surface area contributed by atoms with Crippen molar-refractivity contribution in [2.24, 2.45) is 0 Å². The van der Waals surface area contributed by atoms with E-state index in [2.05, 4.69) is 28.8 Å².